The van der Waals surface area contributed by atoms with Gasteiger partial charge in [-0.05, 0) is 105 Å². The van der Waals surface area contributed by atoms with Crippen LogP contribution in [0, 0.1) is 0 Å². The quantitative estimate of drug-likeness (QED) is 0.276. The fourth-order valence-electron chi connectivity index (χ4n) is 7.45. The fourth-order valence-corrected chi connectivity index (χ4v) is 8.00. The van der Waals surface area contributed by atoms with Gasteiger partial charge in [0.1, 0.15) is 0 Å². The van der Waals surface area contributed by atoms with Crippen LogP contribution < -0.4 is 5.32 Å². The molecule has 0 bridgehead atoms. The molecule has 1 saturated carbocycles. The van der Waals surface area contributed by atoms with Gasteiger partial charge in [-0.25, -0.2) is 9.78 Å². The molecule has 4 aliphatic rings. The molecule has 2 aromatic heterocycles. The maximum absolute atomic E-state index is 12.0. The molecule has 47 heavy (non-hydrogen) atoms. The molecule has 1 aromatic carbocycles. The summed E-state index contributed by atoms with van der Waals surface area (Å²) < 4.78 is 5.15. The summed E-state index contributed by atoms with van der Waals surface area (Å²) in [4.78, 5) is 28.3. The number of pyridine rings is 1. The lowest BCUT2D eigenvalue weighted by atomic mass is 9.88. The van der Waals surface area contributed by atoms with E-state index in [1.54, 1.807) is 11.2 Å². The van der Waals surface area contributed by atoms with E-state index >= 15 is 0 Å². The maximum atomic E-state index is 12.0. The molecule has 0 atom stereocenters. The Balaban J connectivity index is 0.000000172. The van der Waals surface area contributed by atoms with E-state index in [2.05, 4.69) is 38.4 Å². The number of thiocarbonyl (C=S) groups is 1. The van der Waals surface area contributed by atoms with Crippen molar-refractivity contribution >= 4 is 40.6 Å². The lowest BCUT2D eigenvalue weighted by molar-refractivity contribution is 0.104. The number of H-pyrrole nitrogens is 1. The number of halogens is 1. The first kappa shape index (κ1) is 33.5. The number of nitrogens with zero attached hydrogens (tertiary/aromatic N) is 4. The first-order valence-electron chi connectivity index (χ1n) is 17.4. The number of aryl methyl sites for hydroxylation is 2. The van der Waals surface area contributed by atoms with Crippen LogP contribution in [-0.2, 0) is 17.6 Å². The molecule has 250 valence electrons. The molecule has 0 spiro atoms. The summed E-state index contributed by atoms with van der Waals surface area (Å²) in [7, 11) is 0. The van der Waals surface area contributed by atoms with Crippen molar-refractivity contribution in [3.8, 4) is 0 Å². The third kappa shape index (κ3) is 8.36. The zero-order valence-corrected chi connectivity index (χ0v) is 29.1. The van der Waals surface area contributed by atoms with Gasteiger partial charge in [0.05, 0.1) is 18.6 Å². The van der Waals surface area contributed by atoms with Gasteiger partial charge in [0.15, 0.2) is 5.11 Å². The summed E-state index contributed by atoms with van der Waals surface area (Å²) in [6, 6.07) is 11.0. The second-order valence-electron chi connectivity index (χ2n) is 13.0. The van der Waals surface area contributed by atoms with Crippen LogP contribution in [0.5, 0.6) is 0 Å². The van der Waals surface area contributed by atoms with Crippen LogP contribution in [0.4, 0.5) is 4.79 Å². The molecule has 2 saturated heterocycles. The van der Waals surface area contributed by atoms with E-state index < -0.39 is 0 Å². The van der Waals surface area contributed by atoms with E-state index in [4.69, 9.17) is 33.5 Å². The highest BCUT2D eigenvalue weighted by atomic mass is 35.5. The Morgan fingerprint density at radius 3 is 2.49 bits per heavy atom. The molecule has 0 unspecified atom stereocenters. The first-order chi connectivity index (χ1) is 23.0. The highest BCUT2D eigenvalue weighted by molar-refractivity contribution is 7.80. The number of aromatic nitrogens is 3. The van der Waals surface area contributed by atoms with Crippen molar-refractivity contribution in [3.05, 3.63) is 87.7 Å². The number of aromatic amines is 1. The van der Waals surface area contributed by atoms with Crippen LogP contribution in [-0.4, -0.2) is 74.8 Å². The van der Waals surface area contributed by atoms with Crippen LogP contribution in [0.15, 0.2) is 54.6 Å². The van der Waals surface area contributed by atoms with Crippen molar-refractivity contribution < 1.29 is 9.53 Å². The molecular weight excluding hydrogens is 628 g/mol. The summed E-state index contributed by atoms with van der Waals surface area (Å²) in [6.07, 6.45) is 18.0. The monoisotopic (exact) mass is 674 g/mol. The Bertz CT molecular complexity index is 1540. The van der Waals surface area contributed by atoms with E-state index in [0.717, 1.165) is 67.4 Å². The number of amides is 1. The van der Waals surface area contributed by atoms with Crippen LogP contribution in [0.1, 0.15) is 98.7 Å². The smallest absolute Gasteiger partial charge is 0.409 e. The number of rotatable bonds is 3. The summed E-state index contributed by atoms with van der Waals surface area (Å²) in [6.45, 7) is 5.73. The molecular formula is C37H47ClN6O2S. The lowest BCUT2D eigenvalue weighted by Crippen LogP contribution is -2.47. The predicted molar refractivity (Wildman–Crippen MR) is 192 cm³/mol. The molecule has 2 aliphatic carbocycles. The second-order valence-corrected chi connectivity index (χ2v) is 13.9. The fraction of sp³-hybridized carbons (Fsp3) is 0.514. The third-order valence-corrected chi connectivity index (χ3v) is 10.7. The molecule has 3 fully saturated rings. The molecule has 8 nitrogen and oxygen atoms in total. The average Bonchev–Trinajstić information content (AvgIpc) is 3.60. The first-order valence-corrected chi connectivity index (χ1v) is 18.2. The van der Waals surface area contributed by atoms with Crippen LogP contribution >= 0.6 is 23.8 Å². The van der Waals surface area contributed by atoms with Gasteiger partial charge in [0.25, 0.3) is 0 Å². The maximum Gasteiger partial charge on any atom is 0.409 e. The molecule has 2 N–H and O–H groups in total. The minimum atomic E-state index is -0.215. The molecule has 7 rings (SSSR count). The number of hydrogen-bond acceptors (Lipinski definition) is 5. The van der Waals surface area contributed by atoms with Gasteiger partial charge >= 0.3 is 6.09 Å². The zero-order valence-electron chi connectivity index (χ0n) is 27.5. The minimum Gasteiger partial charge on any atom is -0.450 e. The van der Waals surface area contributed by atoms with Crippen molar-refractivity contribution in [2.24, 2.45) is 0 Å². The van der Waals surface area contributed by atoms with Crippen molar-refractivity contribution in [2.45, 2.75) is 89.5 Å². The lowest BCUT2D eigenvalue weighted by Gasteiger charge is -2.35. The van der Waals surface area contributed by atoms with Crippen LogP contribution in [0.3, 0.4) is 0 Å². The number of carbonyl (C=O) groups excluding carboxylic acids is 1. The minimum absolute atomic E-state index is 0.215. The topological polar surface area (TPSA) is 86.4 Å². The summed E-state index contributed by atoms with van der Waals surface area (Å²) in [5.74, 6) is 0.617. The largest absolute Gasteiger partial charge is 0.450 e. The van der Waals surface area contributed by atoms with Gasteiger partial charge in [-0.1, -0.05) is 48.6 Å². The molecule has 4 heterocycles. The number of likely N-dealkylation sites (tertiary alicyclic amines) is 2. The zero-order chi connectivity index (χ0) is 32.6. The Morgan fingerprint density at radius 2 is 1.77 bits per heavy atom. The number of carbonyl (C=O) groups is 1. The Kier molecular flexibility index (Phi) is 11.5. The summed E-state index contributed by atoms with van der Waals surface area (Å²) in [5.41, 5.74) is 8.74. The number of piperidine rings is 2. The number of fused-ring (bicyclic) bond motifs is 2. The number of hydrogen-bond donors (Lipinski definition) is 2. The highest BCUT2D eigenvalue weighted by Gasteiger charge is 2.27. The average molecular weight is 675 g/mol. The molecule has 2 aliphatic heterocycles. The standard InChI is InChI=1S/C22H23ClN2O2.C15H24N4S/c1-2-27-22(26)25-12-9-15(10-13-25)20-19-8-7-18(23)14-17(19)6-5-16-4-3-11-24-21(16)20;20-15(18-13-4-2-1-3-5-13)19-8-6-12(7-9-19)14-10-16-11-17-14/h3-4,7-8,11,14H,2,5-6,9-10,12-13H2,1H3;10-13H,1-9H2,(H,16,17)(H,18,20). The number of nitrogens with one attached hydrogen (secondary N) is 2. The van der Waals surface area contributed by atoms with Gasteiger partial charge < -0.3 is 24.8 Å². The summed E-state index contributed by atoms with van der Waals surface area (Å²) >= 11 is 11.9. The number of ether oxygens (including phenoxy) is 1. The normalized spacial score (nSPS) is 18.8. The molecule has 1 amide bonds. The van der Waals surface area contributed by atoms with Crippen molar-refractivity contribution in [2.75, 3.05) is 32.8 Å². The Hall–Kier alpha value is -3.43. The van der Waals surface area contributed by atoms with E-state index in [1.807, 2.05) is 31.5 Å². The Morgan fingerprint density at radius 1 is 1.00 bits per heavy atom. The van der Waals surface area contributed by atoms with Crippen molar-refractivity contribution in [1.82, 2.24) is 30.1 Å². The molecule has 10 heteroatoms. The Labute approximate surface area is 289 Å². The molecule has 0 radical (unpaired) electrons. The number of benzene rings is 1. The number of imidazole rings is 1. The van der Waals surface area contributed by atoms with Gasteiger partial charge in [-0.15, -0.1) is 0 Å². The van der Waals surface area contributed by atoms with E-state index in [1.165, 1.54) is 65.6 Å². The van der Waals surface area contributed by atoms with E-state index in [0.29, 0.717) is 31.7 Å². The van der Waals surface area contributed by atoms with Gasteiger partial charge in [-0.2, -0.15) is 0 Å². The van der Waals surface area contributed by atoms with Crippen molar-refractivity contribution in [1.29, 1.82) is 0 Å². The second kappa shape index (κ2) is 16.1. The highest BCUT2D eigenvalue weighted by Crippen LogP contribution is 2.38. The van der Waals surface area contributed by atoms with E-state index in [9.17, 15) is 4.79 Å². The third-order valence-electron chi connectivity index (χ3n) is 10.0. The van der Waals surface area contributed by atoms with Crippen LogP contribution in [0.2, 0.25) is 5.02 Å². The van der Waals surface area contributed by atoms with Gasteiger partial charge in [-0.3, -0.25) is 4.98 Å². The van der Waals surface area contributed by atoms with Crippen LogP contribution in [0.25, 0.3) is 5.57 Å². The van der Waals surface area contributed by atoms with E-state index in [-0.39, 0.29) is 6.09 Å². The van der Waals surface area contributed by atoms with Crippen molar-refractivity contribution in [3.63, 3.8) is 0 Å². The predicted octanol–water partition coefficient (Wildman–Crippen LogP) is 7.68. The van der Waals surface area contributed by atoms with Gasteiger partial charge in [0, 0.05) is 66.8 Å². The summed E-state index contributed by atoms with van der Waals surface area (Å²) in [5, 5.41) is 5.32. The SMILES string of the molecule is CCOC(=O)N1CCC(=C2c3ccc(Cl)cc3CCc3cccnc32)CC1.S=C(NC1CCCCC1)N1CCC(c2cnc[nH]2)CC1. The molecule has 3 aromatic rings. The van der Waals surface area contributed by atoms with Gasteiger partial charge in [0.2, 0.25) is 0 Å².